The molecule has 4 aromatic rings. The molecule has 2 heterocycles. The Hall–Kier alpha value is -4.27. The van der Waals surface area contributed by atoms with Gasteiger partial charge in [0.05, 0.1) is 18.5 Å². The average molecular weight is 432 g/mol. The predicted molar refractivity (Wildman–Crippen MR) is 120 cm³/mol. The Morgan fingerprint density at radius 3 is 2.69 bits per heavy atom. The standard InChI is InChI=1S/C23H21FN6O2/c1-12(22(26)31)14-5-4-6-15(9-14)13(2)30-23-19(21(25)27-11-28-23)20(29-30)16-7-8-18(32-3)17(24)10-16/h4-11,13H,1H2,2-3H3,(H2,26,31)(H2,25,27,28). The highest BCUT2D eigenvalue weighted by Gasteiger charge is 2.22. The van der Waals surface area contributed by atoms with Gasteiger partial charge in [-0.25, -0.2) is 19.0 Å². The van der Waals surface area contributed by atoms with Crippen LogP contribution < -0.4 is 16.2 Å². The monoisotopic (exact) mass is 432 g/mol. The first kappa shape index (κ1) is 21.0. The molecule has 1 atom stereocenters. The number of aromatic nitrogens is 4. The molecule has 1 amide bonds. The number of hydrogen-bond acceptors (Lipinski definition) is 6. The third-order valence-corrected chi connectivity index (χ3v) is 5.33. The molecule has 0 bridgehead atoms. The van der Waals surface area contributed by atoms with Crippen LogP contribution in [0.25, 0.3) is 27.9 Å². The Bertz CT molecular complexity index is 1360. The fourth-order valence-electron chi connectivity index (χ4n) is 3.55. The summed E-state index contributed by atoms with van der Waals surface area (Å²) >= 11 is 0. The number of primary amides is 1. The lowest BCUT2D eigenvalue weighted by atomic mass is 10.0. The number of nitrogen functional groups attached to an aromatic ring is 1. The zero-order valence-corrected chi connectivity index (χ0v) is 17.5. The van der Waals surface area contributed by atoms with Crippen molar-refractivity contribution < 1.29 is 13.9 Å². The van der Waals surface area contributed by atoms with Crippen molar-refractivity contribution in [1.29, 1.82) is 0 Å². The summed E-state index contributed by atoms with van der Waals surface area (Å²) in [7, 11) is 1.40. The van der Waals surface area contributed by atoms with Gasteiger partial charge in [-0.3, -0.25) is 4.79 Å². The van der Waals surface area contributed by atoms with E-state index in [2.05, 4.69) is 16.5 Å². The van der Waals surface area contributed by atoms with Gasteiger partial charge in [0.1, 0.15) is 17.8 Å². The number of carbonyl (C=O) groups excluding carboxylic acids is 1. The van der Waals surface area contributed by atoms with Crippen LogP contribution in [0.15, 0.2) is 55.4 Å². The van der Waals surface area contributed by atoms with Gasteiger partial charge in [-0.1, -0.05) is 24.8 Å². The molecule has 0 saturated carbocycles. The maximum Gasteiger partial charge on any atom is 0.248 e. The second-order valence-electron chi connectivity index (χ2n) is 7.24. The molecule has 8 nitrogen and oxygen atoms in total. The summed E-state index contributed by atoms with van der Waals surface area (Å²) in [5.41, 5.74) is 14.7. The van der Waals surface area contributed by atoms with Crippen LogP contribution in [-0.2, 0) is 4.79 Å². The Kier molecular flexibility index (Phi) is 5.31. The number of nitrogens with two attached hydrogens (primary N) is 2. The molecule has 2 aromatic carbocycles. The first-order valence-corrected chi connectivity index (χ1v) is 9.73. The highest BCUT2D eigenvalue weighted by atomic mass is 19.1. The Morgan fingerprint density at radius 1 is 1.22 bits per heavy atom. The molecule has 0 aliphatic carbocycles. The molecule has 0 saturated heterocycles. The average Bonchev–Trinajstić information content (AvgIpc) is 3.19. The van der Waals surface area contributed by atoms with E-state index in [1.165, 1.54) is 25.6 Å². The largest absolute Gasteiger partial charge is 0.494 e. The first-order chi connectivity index (χ1) is 15.3. The molecule has 4 rings (SSSR count). The molecule has 2 aromatic heterocycles. The van der Waals surface area contributed by atoms with Gasteiger partial charge in [0.25, 0.3) is 0 Å². The quantitative estimate of drug-likeness (QED) is 0.451. The van der Waals surface area contributed by atoms with E-state index >= 15 is 0 Å². The predicted octanol–water partition coefficient (Wildman–Crippen LogP) is 3.33. The summed E-state index contributed by atoms with van der Waals surface area (Å²) in [4.78, 5) is 20.0. The van der Waals surface area contributed by atoms with Crippen LogP contribution in [0.3, 0.4) is 0 Å². The second-order valence-corrected chi connectivity index (χ2v) is 7.24. The lowest BCUT2D eigenvalue weighted by Crippen LogP contribution is -2.13. The van der Waals surface area contributed by atoms with Gasteiger partial charge in [-0.05, 0) is 42.3 Å². The zero-order valence-electron chi connectivity index (χ0n) is 17.5. The highest BCUT2D eigenvalue weighted by molar-refractivity contribution is 6.17. The van der Waals surface area contributed by atoms with E-state index in [0.717, 1.165) is 5.56 Å². The van der Waals surface area contributed by atoms with E-state index in [1.807, 2.05) is 25.1 Å². The minimum absolute atomic E-state index is 0.126. The smallest absolute Gasteiger partial charge is 0.248 e. The lowest BCUT2D eigenvalue weighted by molar-refractivity contribution is -0.112. The van der Waals surface area contributed by atoms with Crippen LogP contribution in [-0.4, -0.2) is 32.8 Å². The number of anilines is 1. The normalized spacial score (nSPS) is 12.0. The number of halogens is 1. The Labute approximate surface area is 183 Å². The summed E-state index contributed by atoms with van der Waals surface area (Å²) in [6.07, 6.45) is 1.35. The van der Waals surface area contributed by atoms with Gasteiger partial charge in [-0.15, -0.1) is 0 Å². The van der Waals surface area contributed by atoms with Crippen LogP contribution in [0.1, 0.15) is 24.1 Å². The van der Waals surface area contributed by atoms with Gasteiger partial charge in [0.2, 0.25) is 5.91 Å². The Morgan fingerprint density at radius 2 is 2.00 bits per heavy atom. The van der Waals surface area contributed by atoms with E-state index in [9.17, 15) is 9.18 Å². The molecule has 4 N–H and O–H groups in total. The molecule has 0 spiro atoms. The molecule has 0 aliphatic rings. The number of hydrogen-bond donors (Lipinski definition) is 2. The molecular weight excluding hydrogens is 411 g/mol. The summed E-state index contributed by atoms with van der Waals surface area (Å²) in [5.74, 6) is -0.755. The fraction of sp³-hybridized carbons (Fsp3) is 0.130. The van der Waals surface area contributed by atoms with E-state index in [1.54, 1.807) is 16.8 Å². The minimum Gasteiger partial charge on any atom is -0.494 e. The number of carbonyl (C=O) groups is 1. The first-order valence-electron chi connectivity index (χ1n) is 9.73. The van der Waals surface area contributed by atoms with Crippen molar-refractivity contribution in [3.63, 3.8) is 0 Å². The molecule has 0 fully saturated rings. The van der Waals surface area contributed by atoms with Crippen molar-refractivity contribution in [2.24, 2.45) is 5.73 Å². The number of methoxy groups -OCH3 is 1. The maximum atomic E-state index is 14.4. The minimum atomic E-state index is -0.594. The molecule has 32 heavy (non-hydrogen) atoms. The van der Waals surface area contributed by atoms with Gasteiger partial charge >= 0.3 is 0 Å². The third kappa shape index (κ3) is 3.53. The topological polar surface area (TPSA) is 122 Å². The van der Waals surface area contributed by atoms with Crippen molar-refractivity contribution >= 4 is 28.3 Å². The van der Waals surface area contributed by atoms with E-state index in [-0.39, 0.29) is 23.2 Å². The maximum absolute atomic E-state index is 14.4. The van der Waals surface area contributed by atoms with Gasteiger partial charge < -0.3 is 16.2 Å². The van der Waals surface area contributed by atoms with Crippen LogP contribution in [0, 0.1) is 5.82 Å². The number of benzene rings is 2. The molecule has 0 radical (unpaired) electrons. The van der Waals surface area contributed by atoms with Crippen molar-refractivity contribution in [3.8, 4) is 17.0 Å². The van der Waals surface area contributed by atoms with Crippen LogP contribution in [0.5, 0.6) is 5.75 Å². The fourth-order valence-corrected chi connectivity index (χ4v) is 3.55. The third-order valence-electron chi connectivity index (χ3n) is 5.33. The molecule has 9 heteroatoms. The summed E-state index contributed by atoms with van der Waals surface area (Å²) < 4.78 is 21.1. The lowest BCUT2D eigenvalue weighted by Gasteiger charge is -2.15. The number of rotatable bonds is 6. The van der Waals surface area contributed by atoms with Gasteiger partial charge in [0, 0.05) is 11.1 Å². The molecule has 162 valence electrons. The molecule has 1 unspecified atom stereocenters. The van der Waals surface area contributed by atoms with Crippen molar-refractivity contribution in [1.82, 2.24) is 19.7 Å². The van der Waals surface area contributed by atoms with Crippen molar-refractivity contribution in [2.75, 3.05) is 12.8 Å². The summed E-state index contributed by atoms with van der Waals surface area (Å²) in [6.45, 7) is 5.67. The number of nitrogens with zero attached hydrogens (tertiary/aromatic N) is 4. The summed E-state index contributed by atoms with van der Waals surface area (Å²) in [5, 5.41) is 5.23. The molecule has 0 aliphatic heterocycles. The van der Waals surface area contributed by atoms with Gasteiger partial charge in [0.15, 0.2) is 17.2 Å². The SMILES string of the molecule is C=C(C(N)=O)c1cccc(C(C)n2nc(-c3ccc(OC)c(F)c3)c3c(N)ncnc32)c1. The number of ether oxygens (including phenoxy) is 1. The summed E-state index contributed by atoms with van der Waals surface area (Å²) in [6, 6.07) is 11.5. The zero-order chi connectivity index (χ0) is 23.0. The van der Waals surface area contributed by atoms with E-state index in [4.69, 9.17) is 21.3 Å². The van der Waals surface area contributed by atoms with E-state index < -0.39 is 11.7 Å². The number of fused-ring (bicyclic) bond motifs is 1. The number of amides is 1. The Balaban J connectivity index is 1.87. The second kappa shape index (κ2) is 8.10. The van der Waals surface area contributed by atoms with Crippen molar-refractivity contribution in [3.05, 3.63) is 72.3 Å². The van der Waals surface area contributed by atoms with Crippen LogP contribution in [0.4, 0.5) is 10.2 Å². The van der Waals surface area contributed by atoms with Crippen LogP contribution >= 0.6 is 0 Å². The molecular formula is C23H21FN6O2. The van der Waals surface area contributed by atoms with Gasteiger partial charge in [-0.2, -0.15) is 5.10 Å². The van der Waals surface area contributed by atoms with Crippen LogP contribution in [0.2, 0.25) is 0 Å². The van der Waals surface area contributed by atoms with Crippen molar-refractivity contribution in [2.45, 2.75) is 13.0 Å². The highest BCUT2D eigenvalue weighted by Crippen LogP contribution is 2.34. The van der Waals surface area contributed by atoms with E-state index in [0.29, 0.717) is 27.9 Å².